The third kappa shape index (κ3) is 6.44. The van der Waals surface area contributed by atoms with Crippen molar-refractivity contribution in [3.8, 4) is 0 Å². The van der Waals surface area contributed by atoms with E-state index < -0.39 is 0 Å². The predicted molar refractivity (Wildman–Crippen MR) is 146 cm³/mol. The van der Waals surface area contributed by atoms with Crippen LogP contribution in [0.15, 0.2) is 66.7 Å². The molecule has 1 fully saturated rings. The summed E-state index contributed by atoms with van der Waals surface area (Å²) in [6, 6.07) is 21.2. The summed E-state index contributed by atoms with van der Waals surface area (Å²) in [5.41, 5.74) is 7.70. The number of hydrogen-bond acceptors (Lipinski definition) is 4. The number of nitrogens with two attached hydrogens (primary N) is 1. The smallest absolute Gasteiger partial charge is 0.251 e. The van der Waals surface area contributed by atoms with Crippen LogP contribution in [0.1, 0.15) is 48.0 Å². The number of halogens is 1. The molecule has 0 aliphatic carbocycles. The summed E-state index contributed by atoms with van der Waals surface area (Å²) in [5, 5.41) is 9.15. The van der Waals surface area contributed by atoms with E-state index in [0.717, 1.165) is 23.6 Å². The first-order valence-electron chi connectivity index (χ1n) is 12.8. The lowest BCUT2D eigenvalue weighted by Crippen LogP contribution is -2.49. The molecule has 0 bridgehead atoms. The summed E-state index contributed by atoms with van der Waals surface area (Å²) in [6.07, 6.45) is 2.28. The van der Waals surface area contributed by atoms with Crippen molar-refractivity contribution in [2.75, 3.05) is 26.2 Å². The Hall–Kier alpha value is -2.93. The molecule has 6 nitrogen and oxygen atoms in total. The summed E-state index contributed by atoms with van der Waals surface area (Å²) in [7, 11) is 0. The van der Waals surface area contributed by atoms with Gasteiger partial charge in [0.05, 0.1) is 6.04 Å². The van der Waals surface area contributed by atoms with Crippen molar-refractivity contribution < 1.29 is 9.59 Å². The quantitative estimate of drug-likeness (QED) is 0.403. The van der Waals surface area contributed by atoms with Crippen molar-refractivity contribution in [2.24, 2.45) is 5.73 Å². The highest BCUT2D eigenvalue weighted by Crippen LogP contribution is 2.23. The normalized spacial score (nSPS) is 19.2. The van der Waals surface area contributed by atoms with Crippen LogP contribution in [0, 0.1) is 0 Å². The van der Waals surface area contributed by atoms with E-state index >= 15 is 0 Å². The van der Waals surface area contributed by atoms with Gasteiger partial charge >= 0.3 is 0 Å². The molecule has 36 heavy (non-hydrogen) atoms. The molecule has 7 heteroatoms. The fraction of sp³-hybridized carbons (Fsp3) is 0.379. The van der Waals surface area contributed by atoms with Gasteiger partial charge in [0.2, 0.25) is 5.91 Å². The van der Waals surface area contributed by atoms with Crippen LogP contribution in [-0.4, -0.2) is 55.0 Å². The Morgan fingerprint density at radius 3 is 2.64 bits per heavy atom. The zero-order chi connectivity index (χ0) is 25.5. The third-order valence-corrected chi connectivity index (χ3v) is 7.26. The largest absolute Gasteiger partial charge is 0.350 e. The zero-order valence-electron chi connectivity index (χ0n) is 20.8. The topological polar surface area (TPSA) is 87.5 Å². The van der Waals surface area contributed by atoms with Gasteiger partial charge in [-0.15, -0.1) is 0 Å². The maximum Gasteiger partial charge on any atom is 0.251 e. The Morgan fingerprint density at radius 2 is 1.89 bits per heavy atom. The number of fused-ring (bicyclic) bond motifs is 1. The molecule has 0 saturated carbocycles. The maximum absolute atomic E-state index is 13.4. The van der Waals surface area contributed by atoms with Crippen LogP contribution < -0.4 is 16.4 Å². The molecule has 4 N–H and O–H groups in total. The van der Waals surface area contributed by atoms with Gasteiger partial charge in [0.25, 0.3) is 5.91 Å². The number of rotatable bonds is 9. The van der Waals surface area contributed by atoms with Gasteiger partial charge in [0.1, 0.15) is 0 Å². The van der Waals surface area contributed by atoms with E-state index in [0.29, 0.717) is 43.2 Å². The molecule has 1 aliphatic rings. The molecule has 3 atom stereocenters. The summed E-state index contributed by atoms with van der Waals surface area (Å²) in [4.78, 5) is 28.3. The molecule has 1 heterocycles. The molecule has 2 amide bonds. The van der Waals surface area contributed by atoms with Crippen molar-refractivity contribution in [3.05, 3.63) is 82.9 Å². The fourth-order valence-corrected chi connectivity index (χ4v) is 5.11. The molecule has 4 rings (SSSR count). The molecule has 190 valence electrons. The Morgan fingerprint density at radius 1 is 1.14 bits per heavy atom. The van der Waals surface area contributed by atoms with E-state index in [-0.39, 0.29) is 29.8 Å². The van der Waals surface area contributed by atoms with E-state index in [1.165, 1.54) is 5.56 Å². The molecular weight excluding hydrogens is 472 g/mol. The highest BCUT2D eigenvalue weighted by Gasteiger charge is 2.31. The summed E-state index contributed by atoms with van der Waals surface area (Å²) in [5.74, 6) is 0.246. The highest BCUT2D eigenvalue weighted by atomic mass is 35.5. The van der Waals surface area contributed by atoms with Gasteiger partial charge in [-0.3, -0.25) is 9.59 Å². The monoisotopic (exact) mass is 506 g/mol. The number of benzene rings is 3. The van der Waals surface area contributed by atoms with Crippen LogP contribution in [0.2, 0.25) is 5.02 Å². The molecule has 0 radical (unpaired) electrons. The fourth-order valence-electron chi connectivity index (χ4n) is 4.93. The second kappa shape index (κ2) is 12.3. The standard InChI is InChI=1S/C29H35ClN4O2/c1-2-20(21-6-4-3-5-7-21)19-34-15-13-26(33-27(12-14-31)29(34)36)18-32-28(35)24-9-8-23-17-25(30)11-10-22(23)16-24/h3-11,16-17,20,26-27,33H,2,12-15,18-19,31H2,1H3,(H,32,35)/t20-,26-,27-/m1/s1. The summed E-state index contributed by atoms with van der Waals surface area (Å²) in [6.45, 7) is 4.36. The number of nitrogens with zero attached hydrogens (tertiary/aromatic N) is 1. The Labute approximate surface area is 218 Å². The van der Waals surface area contributed by atoms with E-state index in [1.807, 2.05) is 59.5 Å². The van der Waals surface area contributed by atoms with Gasteiger partial charge in [0.15, 0.2) is 0 Å². The molecular formula is C29H35ClN4O2. The lowest BCUT2D eigenvalue weighted by atomic mass is 9.95. The third-order valence-electron chi connectivity index (χ3n) is 7.03. The van der Waals surface area contributed by atoms with Crippen LogP contribution in [0.5, 0.6) is 0 Å². The Bertz CT molecular complexity index is 1190. The predicted octanol–water partition coefficient (Wildman–Crippen LogP) is 4.32. The van der Waals surface area contributed by atoms with Crippen molar-refractivity contribution in [1.82, 2.24) is 15.5 Å². The average molecular weight is 507 g/mol. The first kappa shape index (κ1) is 26.1. The SMILES string of the molecule is CC[C@H](CN1CC[C@H](CNC(=O)c2ccc3cc(Cl)ccc3c2)N[C@H](CCN)C1=O)c1ccccc1. The molecule has 0 unspecified atom stereocenters. The van der Waals surface area contributed by atoms with Crippen LogP contribution in [0.4, 0.5) is 0 Å². The molecule has 0 spiro atoms. The van der Waals surface area contributed by atoms with E-state index in [9.17, 15) is 9.59 Å². The highest BCUT2D eigenvalue weighted by molar-refractivity contribution is 6.31. The lowest BCUT2D eigenvalue weighted by Gasteiger charge is -2.28. The Kier molecular flexibility index (Phi) is 8.97. The van der Waals surface area contributed by atoms with Crippen LogP contribution in [0.25, 0.3) is 10.8 Å². The Balaban J connectivity index is 1.41. The van der Waals surface area contributed by atoms with E-state index in [2.05, 4.69) is 29.7 Å². The molecule has 3 aromatic carbocycles. The van der Waals surface area contributed by atoms with Crippen molar-refractivity contribution in [3.63, 3.8) is 0 Å². The van der Waals surface area contributed by atoms with Crippen LogP contribution in [-0.2, 0) is 4.79 Å². The van der Waals surface area contributed by atoms with Gasteiger partial charge in [-0.2, -0.15) is 0 Å². The van der Waals surface area contributed by atoms with Gasteiger partial charge in [-0.1, -0.05) is 61.0 Å². The van der Waals surface area contributed by atoms with Crippen molar-refractivity contribution in [2.45, 2.75) is 44.2 Å². The lowest BCUT2D eigenvalue weighted by molar-refractivity contribution is -0.133. The average Bonchev–Trinajstić information content (AvgIpc) is 3.04. The number of nitrogens with one attached hydrogen (secondary N) is 2. The van der Waals surface area contributed by atoms with Crippen molar-refractivity contribution >= 4 is 34.2 Å². The van der Waals surface area contributed by atoms with Crippen LogP contribution >= 0.6 is 11.6 Å². The number of carbonyl (C=O) groups excluding carboxylic acids is 2. The van der Waals surface area contributed by atoms with Gasteiger partial charge in [-0.25, -0.2) is 0 Å². The number of carbonyl (C=O) groups is 2. The van der Waals surface area contributed by atoms with E-state index in [4.69, 9.17) is 17.3 Å². The first-order chi connectivity index (χ1) is 17.5. The number of hydrogen-bond donors (Lipinski definition) is 3. The van der Waals surface area contributed by atoms with Gasteiger partial charge in [-0.05, 0) is 66.4 Å². The van der Waals surface area contributed by atoms with Crippen LogP contribution in [0.3, 0.4) is 0 Å². The van der Waals surface area contributed by atoms with Gasteiger partial charge in [0, 0.05) is 42.2 Å². The minimum Gasteiger partial charge on any atom is -0.350 e. The first-order valence-corrected chi connectivity index (χ1v) is 13.1. The molecule has 1 saturated heterocycles. The maximum atomic E-state index is 13.4. The zero-order valence-corrected chi connectivity index (χ0v) is 21.5. The van der Waals surface area contributed by atoms with Crippen molar-refractivity contribution in [1.29, 1.82) is 0 Å². The summed E-state index contributed by atoms with van der Waals surface area (Å²) < 4.78 is 0. The number of amides is 2. The van der Waals surface area contributed by atoms with Gasteiger partial charge < -0.3 is 21.3 Å². The minimum atomic E-state index is -0.349. The summed E-state index contributed by atoms with van der Waals surface area (Å²) >= 11 is 6.07. The second-order valence-corrected chi connectivity index (χ2v) is 9.94. The molecule has 1 aliphatic heterocycles. The van der Waals surface area contributed by atoms with E-state index in [1.54, 1.807) is 0 Å². The molecule has 0 aromatic heterocycles. The molecule has 3 aromatic rings. The minimum absolute atomic E-state index is 0.0180. The second-order valence-electron chi connectivity index (χ2n) is 9.50.